The van der Waals surface area contributed by atoms with Crippen LogP contribution in [0.2, 0.25) is 0 Å². The van der Waals surface area contributed by atoms with Gasteiger partial charge < -0.3 is 10.1 Å². The van der Waals surface area contributed by atoms with Crippen molar-refractivity contribution in [1.29, 1.82) is 0 Å². The second-order valence-electron chi connectivity index (χ2n) is 3.70. The minimum Gasteiger partial charge on any atom is -0.465 e. The number of fused-ring (bicyclic) bond motifs is 1. The molecule has 5 nitrogen and oxygen atoms in total. The number of carbonyl (C=O) groups excluding carboxylic acids is 1. The van der Waals surface area contributed by atoms with Crippen LogP contribution in [0.5, 0.6) is 0 Å². The second kappa shape index (κ2) is 5.45. The molecular weight excluding hydrogens is 218 g/mol. The zero-order valence-corrected chi connectivity index (χ0v) is 9.69. The van der Waals surface area contributed by atoms with E-state index in [2.05, 4.69) is 15.5 Å². The topological polar surface area (TPSA) is 67.0 Å². The predicted molar refractivity (Wildman–Crippen MR) is 64.4 cm³/mol. The first kappa shape index (κ1) is 11.6. The van der Waals surface area contributed by atoms with Gasteiger partial charge in [-0.2, -0.15) is 5.10 Å². The smallest absolute Gasteiger partial charge is 0.319 e. The number of aromatic amines is 1. The first-order valence-corrected chi connectivity index (χ1v) is 5.58. The molecule has 0 radical (unpaired) electrons. The lowest BCUT2D eigenvalue weighted by Crippen LogP contribution is -2.24. The van der Waals surface area contributed by atoms with Gasteiger partial charge in [-0.1, -0.05) is 12.1 Å². The van der Waals surface area contributed by atoms with E-state index in [1.807, 2.05) is 18.2 Å². The first-order chi connectivity index (χ1) is 8.29. The first-order valence-electron chi connectivity index (χ1n) is 5.58. The lowest BCUT2D eigenvalue weighted by Gasteiger charge is -2.04. The van der Waals surface area contributed by atoms with Gasteiger partial charge in [0.2, 0.25) is 0 Å². The Balaban J connectivity index is 1.88. The van der Waals surface area contributed by atoms with Crippen LogP contribution in [0.4, 0.5) is 0 Å². The Morgan fingerprint density at radius 2 is 2.41 bits per heavy atom. The Bertz CT molecular complexity index is 507. The van der Waals surface area contributed by atoms with E-state index in [1.165, 1.54) is 0 Å². The molecule has 2 N–H and O–H groups in total. The molecule has 5 heteroatoms. The van der Waals surface area contributed by atoms with E-state index in [-0.39, 0.29) is 12.5 Å². The fraction of sp³-hybridized carbons (Fsp3) is 0.333. The van der Waals surface area contributed by atoms with Gasteiger partial charge in [-0.25, -0.2) is 0 Å². The molecule has 0 fully saturated rings. The summed E-state index contributed by atoms with van der Waals surface area (Å²) in [5.74, 6) is -0.227. The Morgan fingerprint density at radius 1 is 1.53 bits per heavy atom. The van der Waals surface area contributed by atoms with Crippen LogP contribution in [0.1, 0.15) is 12.5 Å². The van der Waals surface area contributed by atoms with E-state index in [0.717, 1.165) is 16.5 Å². The van der Waals surface area contributed by atoms with Crippen LogP contribution in [0.3, 0.4) is 0 Å². The van der Waals surface area contributed by atoms with Gasteiger partial charge in [-0.15, -0.1) is 0 Å². The number of rotatable bonds is 5. The third kappa shape index (κ3) is 3.04. The zero-order valence-electron chi connectivity index (χ0n) is 9.69. The number of nitrogens with one attached hydrogen (secondary N) is 2. The van der Waals surface area contributed by atoms with Gasteiger partial charge in [0.05, 0.1) is 24.9 Å². The highest BCUT2D eigenvalue weighted by Gasteiger charge is 2.01. The molecule has 0 spiro atoms. The number of benzene rings is 1. The quantitative estimate of drug-likeness (QED) is 0.762. The number of aromatic nitrogens is 2. The van der Waals surface area contributed by atoms with Crippen LogP contribution in [0.15, 0.2) is 24.4 Å². The fourth-order valence-electron chi connectivity index (χ4n) is 1.62. The van der Waals surface area contributed by atoms with Crippen molar-refractivity contribution in [1.82, 2.24) is 15.5 Å². The highest BCUT2D eigenvalue weighted by molar-refractivity contribution is 5.78. The summed E-state index contributed by atoms with van der Waals surface area (Å²) in [5.41, 5.74) is 2.10. The third-order valence-corrected chi connectivity index (χ3v) is 2.41. The highest BCUT2D eigenvalue weighted by Crippen LogP contribution is 2.12. The van der Waals surface area contributed by atoms with Crippen molar-refractivity contribution in [2.24, 2.45) is 0 Å². The average molecular weight is 233 g/mol. The maximum absolute atomic E-state index is 11.1. The van der Waals surface area contributed by atoms with Crippen LogP contribution in [-0.4, -0.2) is 29.3 Å². The lowest BCUT2D eigenvalue weighted by atomic mass is 10.2. The SMILES string of the molecule is CCOC(=O)CNCc1ccc2cn[nH]c2c1. The number of hydrogen-bond donors (Lipinski definition) is 2. The molecule has 0 aliphatic carbocycles. The Morgan fingerprint density at radius 3 is 3.24 bits per heavy atom. The molecule has 17 heavy (non-hydrogen) atoms. The van der Waals surface area contributed by atoms with Crippen molar-refractivity contribution in [3.8, 4) is 0 Å². The van der Waals surface area contributed by atoms with E-state index in [0.29, 0.717) is 13.2 Å². The summed E-state index contributed by atoms with van der Waals surface area (Å²) in [6.45, 7) is 3.08. The van der Waals surface area contributed by atoms with Crippen molar-refractivity contribution in [2.75, 3.05) is 13.2 Å². The number of hydrogen-bond acceptors (Lipinski definition) is 4. The summed E-state index contributed by atoms with van der Waals surface area (Å²) in [7, 11) is 0. The molecule has 1 heterocycles. The Hall–Kier alpha value is -1.88. The van der Waals surface area contributed by atoms with Crippen LogP contribution >= 0.6 is 0 Å². The molecule has 1 aromatic carbocycles. The lowest BCUT2D eigenvalue weighted by molar-refractivity contribution is -0.142. The minimum absolute atomic E-state index is 0.227. The number of H-pyrrole nitrogens is 1. The van der Waals surface area contributed by atoms with Gasteiger partial charge in [0.15, 0.2) is 0 Å². The van der Waals surface area contributed by atoms with E-state index >= 15 is 0 Å². The van der Waals surface area contributed by atoms with Crippen LogP contribution in [0.25, 0.3) is 10.9 Å². The van der Waals surface area contributed by atoms with Crippen molar-refractivity contribution in [3.05, 3.63) is 30.0 Å². The van der Waals surface area contributed by atoms with Crippen LogP contribution < -0.4 is 5.32 Å². The molecule has 0 bridgehead atoms. The largest absolute Gasteiger partial charge is 0.465 e. The molecule has 0 amide bonds. The Labute approximate surface area is 99.2 Å². The number of esters is 1. The molecular formula is C12H15N3O2. The maximum atomic E-state index is 11.1. The maximum Gasteiger partial charge on any atom is 0.319 e. The molecule has 2 rings (SSSR count). The van der Waals surface area contributed by atoms with Gasteiger partial charge in [0.1, 0.15) is 0 Å². The zero-order chi connectivity index (χ0) is 12.1. The van der Waals surface area contributed by atoms with Gasteiger partial charge in [-0.3, -0.25) is 9.89 Å². The predicted octanol–water partition coefficient (Wildman–Crippen LogP) is 1.22. The number of ether oxygens (including phenoxy) is 1. The fourth-order valence-corrected chi connectivity index (χ4v) is 1.62. The van der Waals surface area contributed by atoms with Crippen LogP contribution in [-0.2, 0) is 16.1 Å². The van der Waals surface area contributed by atoms with Crippen molar-refractivity contribution in [2.45, 2.75) is 13.5 Å². The molecule has 0 aliphatic rings. The summed E-state index contributed by atoms with van der Waals surface area (Å²) >= 11 is 0. The van der Waals surface area contributed by atoms with E-state index in [9.17, 15) is 4.79 Å². The summed E-state index contributed by atoms with van der Waals surface area (Å²) in [6, 6.07) is 6.02. The molecule has 90 valence electrons. The monoisotopic (exact) mass is 233 g/mol. The number of carbonyl (C=O) groups is 1. The standard InChI is InChI=1S/C12H15N3O2/c1-2-17-12(16)8-13-6-9-3-4-10-7-14-15-11(10)5-9/h3-5,7,13H,2,6,8H2,1H3,(H,14,15). The average Bonchev–Trinajstić information content (AvgIpc) is 2.76. The van der Waals surface area contributed by atoms with E-state index < -0.39 is 0 Å². The molecule has 1 aromatic heterocycles. The number of nitrogens with zero attached hydrogens (tertiary/aromatic N) is 1. The van der Waals surface area contributed by atoms with E-state index in [4.69, 9.17) is 4.74 Å². The van der Waals surface area contributed by atoms with E-state index in [1.54, 1.807) is 13.1 Å². The van der Waals surface area contributed by atoms with Crippen molar-refractivity contribution in [3.63, 3.8) is 0 Å². The van der Waals surface area contributed by atoms with Gasteiger partial charge in [-0.05, 0) is 18.6 Å². The second-order valence-corrected chi connectivity index (χ2v) is 3.70. The molecule has 0 aliphatic heterocycles. The summed E-state index contributed by atoms with van der Waals surface area (Å²) < 4.78 is 4.82. The van der Waals surface area contributed by atoms with Gasteiger partial charge in [0, 0.05) is 11.9 Å². The molecule has 0 saturated carbocycles. The summed E-state index contributed by atoms with van der Waals surface area (Å²) in [5, 5.41) is 11.0. The van der Waals surface area contributed by atoms with Crippen molar-refractivity contribution < 1.29 is 9.53 Å². The highest BCUT2D eigenvalue weighted by atomic mass is 16.5. The van der Waals surface area contributed by atoms with Crippen LogP contribution in [0, 0.1) is 0 Å². The summed E-state index contributed by atoms with van der Waals surface area (Å²) in [6.07, 6.45) is 1.78. The van der Waals surface area contributed by atoms with Crippen molar-refractivity contribution >= 4 is 16.9 Å². The Kier molecular flexibility index (Phi) is 3.72. The third-order valence-electron chi connectivity index (χ3n) is 2.41. The normalized spacial score (nSPS) is 10.6. The molecule has 0 unspecified atom stereocenters. The summed E-state index contributed by atoms with van der Waals surface area (Å²) in [4.78, 5) is 11.1. The molecule has 2 aromatic rings. The molecule has 0 atom stereocenters. The van der Waals surface area contributed by atoms with Gasteiger partial charge in [0.25, 0.3) is 0 Å². The molecule has 0 saturated heterocycles. The minimum atomic E-state index is -0.227. The van der Waals surface area contributed by atoms with Gasteiger partial charge >= 0.3 is 5.97 Å².